The monoisotopic (exact) mass is 288 g/mol. The molecule has 19 heavy (non-hydrogen) atoms. The van der Waals surface area contributed by atoms with Crippen LogP contribution >= 0.6 is 11.5 Å². The van der Waals surface area contributed by atoms with Crippen LogP contribution in [0.3, 0.4) is 0 Å². The minimum Gasteiger partial charge on any atom is -0.326 e. The van der Waals surface area contributed by atoms with Crippen molar-refractivity contribution in [2.45, 2.75) is 12.7 Å². The number of anilines is 2. The molecular weight excluding hydrogens is 277 g/mol. The van der Waals surface area contributed by atoms with E-state index in [9.17, 15) is 13.2 Å². The second-order valence-electron chi connectivity index (χ2n) is 3.79. The van der Waals surface area contributed by atoms with Gasteiger partial charge in [-0.25, -0.2) is 0 Å². The number of para-hydroxylation sites is 1. The van der Waals surface area contributed by atoms with Gasteiger partial charge < -0.3 is 10.6 Å². The van der Waals surface area contributed by atoms with Gasteiger partial charge in [0.2, 0.25) is 11.0 Å². The van der Waals surface area contributed by atoms with Crippen molar-refractivity contribution >= 4 is 22.4 Å². The Morgan fingerprint density at radius 1 is 1.32 bits per heavy atom. The predicted molar refractivity (Wildman–Crippen MR) is 67.3 cm³/mol. The Morgan fingerprint density at radius 2 is 2.00 bits per heavy atom. The van der Waals surface area contributed by atoms with Gasteiger partial charge in [-0.1, -0.05) is 18.2 Å². The van der Waals surface area contributed by atoms with Crippen LogP contribution in [0.2, 0.25) is 0 Å². The maximum Gasteiger partial charge on any atom is 0.452 e. The maximum atomic E-state index is 12.5. The fourth-order valence-electron chi connectivity index (χ4n) is 1.58. The van der Waals surface area contributed by atoms with Crippen molar-refractivity contribution < 1.29 is 13.2 Å². The first kappa shape index (κ1) is 13.8. The molecule has 0 aliphatic rings. The van der Waals surface area contributed by atoms with Crippen molar-refractivity contribution in [2.75, 3.05) is 11.9 Å². The molecule has 0 bridgehead atoms. The van der Waals surface area contributed by atoms with E-state index in [4.69, 9.17) is 5.73 Å². The normalized spacial score (nSPS) is 11.6. The Labute approximate surface area is 111 Å². The molecule has 1 aromatic heterocycles. The summed E-state index contributed by atoms with van der Waals surface area (Å²) in [5.41, 5.74) is 7.15. The summed E-state index contributed by atoms with van der Waals surface area (Å²) in [5.74, 6) is -1.12. The van der Waals surface area contributed by atoms with Crippen molar-refractivity contribution in [1.82, 2.24) is 9.36 Å². The lowest BCUT2D eigenvalue weighted by molar-refractivity contribution is -0.144. The largest absolute Gasteiger partial charge is 0.452 e. The third kappa shape index (κ3) is 2.85. The van der Waals surface area contributed by atoms with Crippen LogP contribution in [0, 0.1) is 0 Å². The first-order valence-corrected chi connectivity index (χ1v) is 6.13. The third-order valence-electron chi connectivity index (χ3n) is 2.53. The molecule has 2 aromatic rings. The van der Waals surface area contributed by atoms with E-state index in [2.05, 4.69) is 9.36 Å². The topological polar surface area (TPSA) is 55.0 Å². The first-order chi connectivity index (χ1) is 8.93. The summed E-state index contributed by atoms with van der Waals surface area (Å²) in [6.45, 7) is 0.297. The molecule has 102 valence electrons. The molecule has 4 nitrogen and oxygen atoms in total. The van der Waals surface area contributed by atoms with Gasteiger partial charge in [0.05, 0.1) is 0 Å². The highest BCUT2D eigenvalue weighted by Gasteiger charge is 2.36. The fraction of sp³-hybridized carbons (Fsp3) is 0.273. The summed E-state index contributed by atoms with van der Waals surface area (Å²) in [5, 5.41) is 0.174. The quantitative estimate of drug-likeness (QED) is 0.943. The lowest BCUT2D eigenvalue weighted by atomic mass is 10.1. The van der Waals surface area contributed by atoms with E-state index >= 15 is 0 Å². The highest BCUT2D eigenvalue weighted by molar-refractivity contribution is 7.09. The summed E-state index contributed by atoms with van der Waals surface area (Å²) in [6.07, 6.45) is -4.52. The second kappa shape index (κ2) is 5.14. The Morgan fingerprint density at radius 3 is 2.58 bits per heavy atom. The van der Waals surface area contributed by atoms with Gasteiger partial charge in [-0.05, 0) is 11.6 Å². The number of nitrogens with two attached hydrogens (primary N) is 1. The van der Waals surface area contributed by atoms with Gasteiger partial charge in [0, 0.05) is 30.8 Å². The van der Waals surface area contributed by atoms with Crippen LogP contribution < -0.4 is 10.6 Å². The third-order valence-corrected chi connectivity index (χ3v) is 3.32. The summed E-state index contributed by atoms with van der Waals surface area (Å²) >= 11 is 0.703. The van der Waals surface area contributed by atoms with E-state index in [0.717, 1.165) is 11.3 Å². The Bertz CT molecular complexity index is 567. The van der Waals surface area contributed by atoms with Crippen LogP contribution in [0.5, 0.6) is 0 Å². The molecule has 2 rings (SSSR count). The molecule has 0 saturated heterocycles. The van der Waals surface area contributed by atoms with Crippen molar-refractivity contribution in [3.05, 3.63) is 35.7 Å². The molecule has 0 spiro atoms. The zero-order chi connectivity index (χ0) is 14.0. The number of halogens is 3. The van der Waals surface area contributed by atoms with Gasteiger partial charge in [0.25, 0.3) is 0 Å². The Balaban J connectivity index is 2.34. The average Bonchev–Trinajstić information content (AvgIpc) is 2.87. The summed E-state index contributed by atoms with van der Waals surface area (Å²) < 4.78 is 40.7. The fourth-order valence-corrected chi connectivity index (χ4v) is 2.24. The minimum atomic E-state index is -4.52. The zero-order valence-corrected chi connectivity index (χ0v) is 10.8. The standard InChI is InChI=1S/C11H11F3N4S/c1-18(8-5-3-2-4-7(8)6-15)10-16-9(17-19-10)11(12,13)14/h2-5H,6,15H2,1H3. The number of aromatic nitrogens is 2. The molecule has 0 unspecified atom stereocenters. The van der Waals surface area contributed by atoms with Crippen LogP contribution in [0.15, 0.2) is 24.3 Å². The lowest BCUT2D eigenvalue weighted by Gasteiger charge is -2.18. The van der Waals surface area contributed by atoms with E-state index in [1.54, 1.807) is 24.1 Å². The second-order valence-corrected chi connectivity index (χ2v) is 4.52. The van der Waals surface area contributed by atoms with Gasteiger partial charge in [0.15, 0.2) is 0 Å². The van der Waals surface area contributed by atoms with Crippen LogP contribution in [0.4, 0.5) is 24.0 Å². The molecule has 0 fully saturated rings. The Kier molecular flexibility index (Phi) is 3.72. The van der Waals surface area contributed by atoms with Crippen LogP contribution in [-0.2, 0) is 12.7 Å². The van der Waals surface area contributed by atoms with E-state index in [1.165, 1.54) is 0 Å². The number of alkyl halides is 3. The van der Waals surface area contributed by atoms with E-state index in [1.807, 2.05) is 12.1 Å². The molecule has 2 N–H and O–H groups in total. The molecule has 0 amide bonds. The van der Waals surface area contributed by atoms with Crippen molar-refractivity contribution in [3.8, 4) is 0 Å². The first-order valence-electron chi connectivity index (χ1n) is 5.36. The van der Waals surface area contributed by atoms with Gasteiger partial charge in [-0.2, -0.15) is 22.5 Å². The Hall–Kier alpha value is -1.67. The van der Waals surface area contributed by atoms with Gasteiger partial charge in [0.1, 0.15) is 0 Å². The van der Waals surface area contributed by atoms with E-state index in [-0.39, 0.29) is 5.13 Å². The molecule has 0 aliphatic carbocycles. The number of nitrogens with zero attached hydrogens (tertiary/aromatic N) is 3. The summed E-state index contributed by atoms with van der Waals surface area (Å²) in [7, 11) is 1.63. The molecule has 0 aliphatic heterocycles. The van der Waals surface area contributed by atoms with E-state index in [0.29, 0.717) is 18.1 Å². The molecule has 0 radical (unpaired) electrons. The molecule has 1 aromatic carbocycles. The van der Waals surface area contributed by atoms with Crippen molar-refractivity contribution in [3.63, 3.8) is 0 Å². The SMILES string of the molecule is CN(c1nc(C(F)(F)F)ns1)c1ccccc1CN. The lowest BCUT2D eigenvalue weighted by Crippen LogP contribution is -2.14. The molecule has 8 heteroatoms. The molecule has 1 heterocycles. The van der Waals surface area contributed by atoms with E-state index < -0.39 is 12.0 Å². The predicted octanol–water partition coefficient (Wildman–Crippen LogP) is 2.78. The number of rotatable bonds is 3. The molecule has 0 saturated carbocycles. The van der Waals surface area contributed by atoms with Gasteiger partial charge in [-0.15, -0.1) is 0 Å². The minimum absolute atomic E-state index is 0.174. The van der Waals surface area contributed by atoms with Crippen molar-refractivity contribution in [2.24, 2.45) is 5.73 Å². The smallest absolute Gasteiger partial charge is 0.326 e. The maximum absolute atomic E-state index is 12.5. The van der Waals surface area contributed by atoms with Crippen LogP contribution in [-0.4, -0.2) is 16.4 Å². The zero-order valence-electron chi connectivity index (χ0n) is 9.98. The number of hydrogen-bond acceptors (Lipinski definition) is 5. The van der Waals surface area contributed by atoms with Crippen molar-refractivity contribution in [1.29, 1.82) is 0 Å². The molecule has 0 atom stereocenters. The highest BCUT2D eigenvalue weighted by atomic mass is 32.1. The van der Waals surface area contributed by atoms with Crippen LogP contribution in [0.25, 0.3) is 0 Å². The van der Waals surface area contributed by atoms with Gasteiger partial charge in [-0.3, -0.25) is 0 Å². The molecular formula is C11H11F3N4S. The number of benzene rings is 1. The number of hydrogen-bond donors (Lipinski definition) is 1. The summed E-state index contributed by atoms with van der Waals surface area (Å²) in [4.78, 5) is 5.05. The average molecular weight is 288 g/mol. The van der Waals surface area contributed by atoms with Crippen LogP contribution in [0.1, 0.15) is 11.4 Å². The van der Waals surface area contributed by atoms with Gasteiger partial charge >= 0.3 is 6.18 Å². The highest BCUT2D eigenvalue weighted by Crippen LogP contribution is 2.33. The summed E-state index contributed by atoms with van der Waals surface area (Å²) in [6, 6.07) is 7.20.